The number of rotatable bonds is 2. The summed E-state index contributed by atoms with van der Waals surface area (Å²) in [5.41, 5.74) is 0. The second-order valence-electron chi connectivity index (χ2n) is 2.86. The predicted molar refractivity (Wildman–Crippen MR) is 41.6 cm³/mol. The zero-order valence-electron chi connectivity index (χ0n) is 5.72. The zero-order chi connectivity index (χ0) is 7.61. The third-order valence-corrected chi connectivity index (χ3v) is 3.16. The molecule has 0 aromatic carbocycles. The Kier molecular flexibility index (Phi) is 2.58. The minimum Gasteiger partial charge on any atom is -0.212 e. The third-order valence-electron chi connectivity index (χ3n) is 1.91. The molecule has 1 saturated carbocycles. The first-order chi connectivity index (χ1) is 4.58. The van der Waals surface area contributed by atoms with E-state index < -0.39 is 9.05 Å². The molecular formula is C6H11ClO2S. The fraction of sp³-hybridized carbons (Fsp3) is 1.00. The summed E-state index contributed by atoms with van der Waals surface area (Å²) in [4.78, 5) is 0. The molecule has 0 bridgehead atoms. The van der Waals surface area contributed by atoms with Crippen molar-refractivity contribution in [3.05, 3.63) is 0 Å². The standard InChI is InChI=1S/C6H11ClO2S/c7-10(8,9)5-6-3-1-2-4-6/h6H,1-5H2. The fourth-order valence-electron chi connectivity index (χ4n) is 1.46. The lowest BCUT2D eigenvalue weighted by molar-refractivity contribution is 0.570. The van der Waals surface area contributed by atoms with Crippen LogP contribution in [-0.4, -0.2) is 14.2 Å². The Morgan fingerprint density at radius 3 is 2.20 bits per heavy atom. The van der Waals surface area contributed by atoms with Gasteiger partial charge >= 0.3 is 0 Å². The second-order valence-corrected chi connectivity index (χ2v) is 5.68. The molecule has 0 amide bonds. The molecule has 0 atom stereocenters. The monoisotopic (exact) mass is 182 g/mol. The lowest BCUT2D eigenvalue weighted by Crippen LogP contribution is -2.07. The van der Waals surface area contributed by atoms with E-state index in [9.17, 15) is 8.42 Å². The highest BCUT2D eigenvalue weighted by molar-refractivity contribution is 8.13. The van der Waals surface area contributed by atoms with Crippen LogP contribution in [0, 0.1) is 5.92 Å². The molecule has 1 aliphatic carbocycles. The number of halogens is 1. The predicted octanol–water partition coefficient (Wildman–Crippen LogP) is 1.75. The molecule has 0 unspecified atom stereocenters. The van der Waals surface area contributed by atoms with Gasteiger partial charge in [-0.3, -0.25) is 0 Å². The normalized spacial score (nSPS) is 21.7. The highest BCUT2D eigenvalue weighted by Gasteiger charge is 2.20. The molecule has 1 aliphatic rings. The topological polar surface area (TPSA) is 34.1 Å². The first kappa shape index (κ1) is 8.34. The fourth-order valence-corrected chi connectivity index (χ4v) is 2.89. The van der Waals surface area contributed by atoms with Crippen LogP contribution in [-0.2, 0) is 9.05 Å². The van der Waals surface area contributed by atoms with Crippen molar-refractivity contribution in [3.63, 3.8) is 0 Å². The molecule has 0 spiro atoms. The molecular weight excluding hydrogens is 172 g/mol. The average Bonchev–Trinajstić information content (AvgIpc) is 2.12. The van der Waals surface area contributed by atoms with E-state index in [0.29, 0.717) is 5.92 Å². The molecule has 2 nitrogen and oxygen atoms in total. The van der Waals surface area contributed by atoms with Crippen molar-refractivity contribution in [3.8, 4) is 0 Å². The Morgan fingerprint density at radius 2 is 1.80 bits per heavy atom. The largest absolute Gasteiger partial charge is 0.232 e. The van der Waals surface area contributed by atoms with E-state index in [1.807, 2.05) is 0 Å². The minimum atomic E-state index is -3.24. The van der Waals surface area contributed by atoms with Crippen LogP contribution in [0.4, 0.5) is 0 Å². The van der Waals surface area contributed by atoms with Crippen LogP contribution in [0.2, 0.25) is 0 Å². The summed E-state index contributed by atoms with van der Waals surface area (Å²) in [6, 6.07) is 0. The highest BCUT2D eigenvalue weighted by Crippen LogP contribution is 2.26. The van der Waals surface area contributed by atoms with E-state index in [1.165, 1.54) is 0 Å². The Morgan fingerprint density at radius 1 is 1.30 bits per heavy atom. The maximum absolute atomic E-state index is 10.6. The van der Waals surface area contributed by atoms with Crippen LogP contribution in [0.5, 0.6) is 0 Å². The van der Waals surface area contributed by atoms with Crippen LogP contribution >= 0.6 is 10.7 Å². The Bertz CT molecular complexity index is 192. The van der Waals surface area contributed by atoms with Gasteiger partial charge in [-0.15, -0.1) is 0 Å². The van der Waals surface area contributed by atoms with Crippen molar-refractivity contribution in [2.24, 2.45) is 5.92 Å². The van der Waals surface area contributed by atoms with Gasteiger partial charge in [-0.2, -0.15) is 0 Å². The SMILES string of the molecule is O=S(=O)(Cl)CC1CCCC1. The van der Waals surface area contributed by atoms with Crippen molar-refractivity contribution < 1.29 is 8.42 Å². The summed E-state index contributed by atoms with van der Waals surface area (Å²) in [5.74, 6) is 0.511. The van der Waals surface area contributed by atoms with Crippen molar-refractivity contribution in [1.29, 1.82) is 0 Å². The van der Waals surface area contributed by atoms with Crippen molar-refractivity contribution in [2.75, 3.05) is 5.75 Å². The van der Waals surface area contributed by atoms with Crippen LogP contribution in [0.3, 0.4) is 0 Å². The minimum absolute atomic E-state index is 0.175. The Labute approximate surface area is 66.0 Å². The van der Waals surface area contributed by atoms with Gasteiger partial charge in [-0.1, -0.05) is 12.8 Å². The molecule has 60 valence electrons. The maximum atomic E-state index is 10.6. The summed E-state index contributed by atoms with van der Waals surface area (Å²) in [7, 11) is 1.85. The molecule has 0 aliphatic heterocycles. The van der Waals surface area contributed by atoms with Gasteiger partial charge < -0.3 is 0 Å². The lowest BCUT2D eigenvalue weighted by Gasteiger charge is -2.03. The molecule has 0 aromatic rings. The van der Waals surface area contributed by atoms with Gasteiger partial charge in [0.25, 0.3) is 0 Å². The smallest absolute Gasteiger partial charge is 0.212 e. The van der Waals surface area contributed by atoms with Gasteiger partial charge in [0.05, 0.1) is 5.75 Å². The van der Waals surface area contributed by atoms with Gasteiger partial charge in [0.2, 0.25) is 9.05 Å². The van der Waals surface area contributed by atoms with Crippen LogP contribution < -0.4 is 0 Å². The van der Waals surface area contributed by atoms with Gasteiger partial charge in [0.1, 0.15) is 0 Å². The van der Waals surface area contributed by atoms with Crippen LogP contribution in [0.15, 0.2) is 0 Å². The molecule has 0 aromatic heterocycles. The maximum Gasteiger partial charge on any atom is 0.232 e. The highest BCUT2D eigenvalue weighted by atomic mass is 35.7. The van der Waals surface area contributed by atoms with Crippen molar-refractivity contribution in [2.45, 2.75) is 25.7 Å². The third kappa shape index (κ3) is 2.88. The summed E-state index contributed by atoms with van der Waals surface area (Å²) >= 11 is 0. The molecule has 1 fully saturated rings. The molecule has 0 heterocycles. The Hall–Kier alpha value is 0.240. The number of hydrogen-bond acceptors (Lipinski definition) is 2. The van der Waals surface area contributed by atoms with Crippen molar-refractivity contribution in [1.82, 2.24) is 0 Å². The molecule has 1 rings (SSSR count). The molecule has 4 heteroatoms. The van der Waals surface area contributed by atoms with Crippen LogP contribution in [0.25, 0.3) is 0 Å². The van der Waals surface area contributed by atoms with Crippen molar-refractivity contribution >= 4 is 19.7 Å². The quantitative estimate of drug-likeness (QED) is 0.610. The molecule has 0 N–H and O–H groups in total. The first-order valence-electron chi connectivity index (χ1n) is 3.50. The summed E-state index contributed by atoms with van der Waals surface area (Å²) in [6.07, 6.45) is 4.39. The van der Waals surface area contributed by atoms with E-state index in [1.54, 1.807) is 0 Å². The van der Waals surface area contributed by atoms with E-state index in [2.05, 4.69) is 0 Å². The van der Waals surface area contributed by atoms with Gasteiger partial charge in [0, 0.05) is 10.7 Å². The summed E-state index contributed by atoms with van der Waals surface area (Å²) in [5, 5.41) is 0. The van der Waals surface area contributed by atoms with Gasteiger partial charge in [0.15, 0.2) is 0 Å². The lowest BCUT2D eigenvalue weighted by atomic mass is 10.1. The Balaban J connectivity index is 2.38. The van der Waals surface area contributed by atoms with Gasteiger partial charge in [-0.25, -0.2) is 8.42 Å². The van der Waals surface area contributed by atoms with E-state index in [-0.39, 0.29) is 5.75 Å². The summed E-state index contributed by atoms with van der Waals surface area (Å²) < 4.78 is 21.1. The number of hydrogen-bond donors (Lipinski definition) is 0. The van der Waals surface area contributed by atoms with E-state index in [4.69, 9.17) is 10.7 Å². The van der Waals surface area contributed by atoms with E-state index >= 15 is 0 Å². The molecule has 0 saturated heterocycles. The molecule has 10 heavy (non-hydrogen) atoms. The first-order valence-corrected chi connectivity index (χ1v) is 5.98. The average molecular weight is 183 g/mol. The molecule has 0 radical (unpaired) electrons. The van der Waals surface area contributed by atoms with E-state index in [0.717, 1.165) is 25.7 Å². The van der Waals surface area contributed by atoms with Crippen LogP contribution in [0.1, 0.15) is 25.7 Å². The zero-order valence-corrected chi connectivity index (χ0v) is 7.29. The summed E-state index contributed by atoms with van der Waals surface area (Å²) in [6.45, 7) is 0. The van der Waals surface area contributed by atoms with Gasteiger partial charge in [-0.05, 0) is 18.8 Å². The second kappa shape index (κ2) is 3.09.